The summed E-state index contributed by atoms with van der Waals surface area (Å²) in [5.41, 5.74) is 6.30. The summed E-state index contributed by atoms with van der Waals surface area (Å²) in [6.07, 6.45) is -6.44. The van der Waals surface area contributed by atoms with Crippen molar-refractivity contribution in [2.24, 2.45) is 0 Å². The summed E-state index contributed by atoms with van der Waals surface area (Å²) in [6, 6.07) is 6.96. The molecule has 0 bridgehead atoms. The largest absolute Gasteiger partial charge is 0.417 e. The van der Waals surface area contributed by atoms with E-state index in [4.69, 9.17) is 5.73 Å². The van der Waals surface area contributed by atoms with Crippen molar-refractivity contribution in [2.75, 3.05) is 5.73 Å². The highest BCUT2D eigenvalue weighted by Gasteiger charge is 2.49. The van der Waals surface area contributed by atoms with Gasteiger partial charge in [0.15, 0.2) is 0 Å². The molecule has 2 heterocycles. The van der Waals surface area contributed by atoms with E-state index in [1.165, 1.54) is 12.1 Å². The SMILES string of the molecule is Cc1cc2cc(C(=O)N(Cc3ccc(C(F)(F)F)cn3)[C@@H]3CCCC(F)(F)[C@@H]3O)ccc2nc1N. The van der Waals surface area contributed by atoms with Crippen LogP contribution in [-0.4, -0.2) is 43.9 Å². The third-order valence-electron chi connectivity index (χ3n) is 6.24. The van der Waals surface area contributed by atoms with Crippen LogP contribution in [0.1, 0.15) is 46.4 Å². The van der Waals surface area contributed by atoms with Crippen LogP contribution in [0.2, 0.25) is 0 Å². The second-order valence-electron chi connectivity index (χ2n) is 8.73. The van der Waals surface area contributed by atoms with E-state index in [1.54, 1.807) is 19.1 Å². The molecule has 35 heavy (non-hydrogen) atoms. The number of fused-ring (bicyclic) bond motifs is 1. The number of nitrogen functional groups attached to an aromatic ring is 1. The van der Waals surface area contributed by atoms with Crippen LogP contribution < -0.4 is 5.73 Å². The van der Waals surface area contributed by atoms with Crippen molar-refractivity contribution in [1.29, 1.82) is 0 Å². The fourth-order valence-electron chi connectivity index (χ4n) is 4.26. The first kappa shape index (κ1) is 24.8. The van der Waals surface area contributed by atoms with Gasteiger partial charge in [-0.05, 0) is 61.7 Å². The highest BCUT2D eigenvalue weighted by molar-refractivity contribution is 5.98. The quantitative estimate of drug-likeness (QED) is 0.512. The van der Waals surface area contributed by atoms with E-state index < -0.39 is 42.1 Å². The average molecular weight is 494 g/mol. The number of rotatable bonds is 4. The van der Waals surface area contributed by atoms with Crippen molar-refractivity contribution in [1.82, 2.24) is 14.9 Å². The van der Waals surface area contributed by atoms with Crippen molar-refractivity contribution in [2.45, 2.75) is 57.0 Å². The molecule has 3 N–H and O–H groups in total. The molecule has 2 atom stereocenters. The molecule has 1 aliphatic rings. The Kier molecular flexibility index (Phi) is 6.39. The van der Waals surface area contributed by atoms with E-state index in [0.29, 0.717) is 28.5 Å². The molecule has 1 aliphatic carbocycles. The van der Waals surface area contributed by atoms with Crippen LogP contribution in [0.3, 0.4) is 0 Å². The lowest BCUT2D eigenvalue weighted by atomic mass is 9.87. The first-order chi connectivity index (χ1) is 16.4. The fourth-order valence-corrected chi connectivity index (χ4v) is 4.26. The molecule has 1 saturated carbocycles. The molecule has 0 unspecified atom stereocenters. The van der Waals surface area contributed by atoms with Crippen molar-refractivity contribution in [3.05, 3.63) is 65.0 Å². The Morgan fingerprint density at radius 1 is 1.23 bits per heavy atom. The van der Waals surface area contributed by atoms with Gasteiger partial charge in [-0.15, -0.1) is 0 Å². The number of aliphatic hydroxyl groups is 1. The minimum absolute atomic E-state index is 0.0681. The molecule has 2 aromatic heterocycles. The Labute approximate surface area is 197 Å². The van der Waals surface area contributed by atoms with Crippen LogP contribution in [0.5, 0.6) is 0 Å². The number of nitrogens with two attached hydrogens (primary N) is 1. The number of aryl methyl sites for hydroxylation is 1. The molecular formula is C24H23F5N4O2. The second-order valence-corrected chi connectivity index (χ2v) is 8.73. The molecule has 6 nitrogen and oxygen atoms in total. The van der Waals surface area contributed by atoms with Crippen LogP contribution >= 0.6 is 0 Å². The second kappa shape index (κ2) is 9.03. The number of aromatic nitrogens is 2. The topological polar surface area (TPSA) is 92.3 Å². The maximum atomic E-state index is 14.3. The number of hydrogen-bond donors (Lipinski definition) is 2. The number of carbonyl (C=O) groups is 1. The first-order valence-corrected chi connectivity index (χ1v) is 10.9. The number of amides is 1. The molecular weight excluding hydrogens is 471 g/mol. The molecule has 0 aliphatic heterocycles. The van der Waals surface area contributed by atoms with Gasteiger partial charge in [0.2, 0.25) is 0 Å². The van der Waals surface area contributed by atoms with E-state index >= 15 is 0 Å². The van der Waals surface area contributed by atoms with Gasteiger partial charge in [-0.1, -0.05) is 0 Å². The number of aliphatic hydroxyl groups excluding tert-OH is 1. The number of carbonyl (C=O) groups excluding carboxylic acids is 1. The summed E-state index contributed by atoms with van der Waals surface area (Å²) in [6.45, 7) is 1.39. The molecule has 1 aromatic carbocycles. The Hall–Kier alpha value is -3.34. The number of nitrogens with zero attached hydrogens (tertiary/aromatic N) is 3. The van der Waals surface area contributed by atoms with Crippen molar-refractivity contribution in [3.63, 3.8) is 0 Å². The number of pyridine rings is 2. The van der Waals surface area contributed by atoms with E-state index in [9.17, 15) is 31.9 Å². The zero-order valence-electron chi connectivity index (χ0n) is 18.7. The number of anilines is 1. The van der Waals surface area contributed by atoms with Gasteiger partial charge in [0, 0.05) is 23.6 Å². The van der Waals surface area contributed by atoms with Crippen LogP contribution in [0.4, 0.5) is 27.8 Å². The van der Waals surface area contributed by atoms with Crippen molar-refractivity contribution >= 4 is 22.6 Å². The normalized spacial score (nSPS) is 20.1. The van der Waals surface area contributed by atoms with Gasteiger partial charge in [-0.2, -0.15) is 13.2 Å². The van der Waals surface area contributed by atoms with Crippen LogP contribution in [-0.2, 0) is 12.7 Å². The lowest BCUT2D eigenvalue weighted by Gasteiger charge is -2.41. The summed E-state index contributed by atoms with van der Waals surface area (Å²) in [5.74, 6) is -3.74. The zero-order chi connectivity index (χ0) is 25.5. The van der Waals surface area contributed by atoms with Gasteiger partial charge < -0.3 is 15.7 Å². The maximum Gasteiger partial charge on any atom is 0.417 e. The third kappa shape index (κ3) is 5.04. The van der Waals surface area contributed by atoms with Crippen LogP contribution in [0.25, 0.3) is 10.9 Å². The van der Waals surface area contributed by atoms with E-state index in [2.05, 4.69) is 9.97 Å². The van der Waals surface area contributed by atoms with Gasteiger partial charge in [0.1, 0.15) is 11.9 Å². The van der Waals surface area contributed by atoms with Crippen molar-refractivity contribution in [3.8, 4) is 0 Å². The van der Waals surface area contributed by atoms with Gasteiger partial charge >= 0.3 is 6.18 Å². The highest BCUT2D eigenvalue weighted by Crippen LogP contribution is 2.37. The predicted octanol–water partition coefficient (Wildman–Crippen LogP) is 4.73. The minimum Gasteiger partial charge on any atom is -0.385 e. The van der Waals surface area contributed by atoms with E-state index in [1.807, 2.05) is 0 Å². The Balaban J connectivity index is 1.71. The number of alkyl halides is 5. The molecule has 0 spiro atoms. The van der Waals surface area contributed by atoms with Crippen LogP contribution in [0, 0.1) is 6.92 Å². The molecule has 0 radical (unpaired) electrons. The lowest BCUT2D eigenvalue weighted by Crippen LogP contribution is -2.55. The molecule has 1 amide bonds. The minimum atomic E-state index is -4.59. The summed E-state index contributed by atoms with van der Waals surface area (Å²) in [7, 11) is 0. The standard InChI is InChI=1S/C24H23F5N4O2/c1-13-9-15-10-14(4-7-18(15)32-21(13)30)22(35)33(19-3-2-8-23(25,26)20(19)34)12-17-6-5-16(11-31-17)24(27,28)29/h4-7,9-11,19-20,34H,2-3,8,12H2,1H3,(H2,30,32)/t19-,20-/m1/s1. The number of halogens is 5. The van der Waals surface area contributed by atoms with E-state index in [-0.39, 0.29) is 30.6 Å². The summed E-state index contributed by atoms with van der Waals surface area (Å²) in [5, 5.41) is 11.0. The van der Waals surface area contributed by atoms with Crippen molar-refractivity contribution < 1.29 is 31.9 Å². The summed E-state index contributed by atoms with van der Waals surface area (Å²) < 4.78 is 67.4. The number of benzene rings is 1. The summed E-state index contributed by atoms with van der Waals surface area (Å²) >= 11 is 0. The van der Waals surface area contributed by atoms with Crippen LogP contribution in [0.15, 0.2) is 42.6 Å². The Morgan fingerprint density at radius 3 is 2.63 bits per heavy atom. The monoisotopic (exact) mass is 494 g/mol. The van der Waals surface area contributed by atoms with E-state index in [0.717, 1.165) is 17.0 Å². The Morgan fingerprint density at radius 2 is 1.97 bits per heavy atom. The maximum absolute atomic E-state index is 14.3. The molecule has 4 rings (SSSR count). The zero-order valence-corrected chi connectivity index (χ0v) is 18.7. The van der Waals surface area contributed by atoms with Gasteiger partial charge in [-0.25, -0.2) is 13.8 Å². The fraction of sp³-hybridized carbons (Fsp3) is 0.375. The summed E-state index contributed by atoms with van der Waals surface area (Å²) in [4.78, 5) is 22.6. The predicted molar refractivity (Wildman–Crippen MR) is 119 cm³/mol. The lowest BCUT2D eigenvalue weighted by molar-refractivity contribution is -0.158. The average Bonchev–Trinajstić information content (AvgIpc) is 2.79. The molecule has 186 valence electrons. The molecule has 0 saturated heterocycles. The molecule has 11 heteroatoms. The van der Waals surface area contributed by atoms with Gasteiger partial charge in [-0.3, -0.25) is 9.78 Å². The molecule has 1 fully saturated rings. The molecule has 3 aromatic rings. The Bertz CT molecular complexity index is 1250. The van der Waals surface area contributed by atoms with Gasteiger partial charge in [0.25, 0.3) is 11.8 Å². The smallest absolute Gasteiger partial charge is 0.385 e. The number of hydrogen-bond acceptors (Lipinski definition) is 5. The third-order valence-corrected chi connectivity index (χ3v) is 6.24. The highest BCUT2D eigenvalue weighted by atomic mass is 19.4. The van der Waals surface area contributed by atoms with Gasteiger partial charge in [0.05, 0.1) is 29.4 Å². The first-order valence-electron chi connectivity index (χ1n) is 10.9.